The summed E-state index contributed by atoms with van der Waals surface area (Å²) >= 11 is 0. The van der Waals surface area contributed by atoms with Crippen molar-refractivity contribution in [2.24, 2.45) is 4.99 Å². The number of hydrogen-bond donors (Lipinski definition) is 0. The molecule has 0 saturated carbocycles. The summed E-state index contributed by atoms with van der Waals surface area (Å²) in [5.74, 6) is 0. The summed E-state index contributed by atoms with van der Waals surface area (Å²) in [5, 5.41) is 2.51. The number of aromatic nitrogens is 1. The fourth-order valence-corrected chi connectivity index (χ4v) is 7.84. The molecule has 0 aliphatic heterocycles. The van der Waals surface area contributed by atoms with E-state index in [1.807, 2.05) is 24.4 Å². The molecule has 1 aromatic heterocycles. The van der Waals surface area contributed by atoms with Crippen molar-refractivity contribution in [3.8, 4) is 16.8 Å². The zero-order chi connectivity index (χ0) is 31.2. The van der Waals surface area contributed by atoms with Crippen LogP contribution in [0.5, 0.6) is 0 Å². The first kappa shape index (κ1) is 27.3. The molecule has 0 saturated heterocycles. The highest BCUT2D eigenvalue weighted by molar-refractivity contribution is 6.13. The maximum Gasteiger partial charge on any atom is 0.0734 e. The summed E-state index contributed by atoms with van der Waals surface area (Å²) in [6.07, 6.45) is 1.96. The van der Waals surface area contributed by atoms with Crippen LogP contribution in [-0.2, 0) is 12.0 Å². The summed E-state index contributed by atoms with van der Waals surface area (Å²) in [6, 6.07) is 63.9. The smallest absolute Gasteiger partial charge is 0.0734 e. The van der Waals surface area contributed by atoms with E-state index >= 15 is 0 Å². The van der Waals surface area contributed by atoms with Crippen LogP contribution in [0.4, 0.5) is 0 Å². The highest BCUT2D eigenvalue weighted by Crippen LogP contribution is 2.58. The van der Waals surface area contributed by atoms with Crippen LogP contribution in [0.15, 0.2) is 181 Å². The van der Waals surface area contributed by atoms with Gasteiger partial charge in [0.15, 0.2) is 0 Å². The fraction of sp³-hybridized carbons (Fsp3) is 0.0444. The Hall–Kier alpha value is -5.99. The Morgan fingerprint density at radius 3 is 1.96 bits per heavy atom. The lowest BCUT2D eigenvalue weighted by Crippen LogP contribution is -2.29. The van der Waals surface area contributed by atoms with Gasteiger partial charge >= 0.3 is 0 Å². The molecule has 8 aromatic rings. The molecule has 0 fully saturated rings. The second-order valence-electron chi connectivity index (χ2n) is 12.3. The SMILES string of the molecule is C(=NCc1cccc(-n2c3ccccc3c3ccc4c(c32)C(c2ccccc2)(c2ccccc2)c2ccccc2-4)c1)c1ccccc1. The second kappa shape index (κ2) is 11.1. The molecule has 0 atom stereocenters. The van der Waals surface area contributed by atoms with Gasteiger partial charge in [-0.3, -0.25) is 4.99 Å². The summed E-state index contributed by atoms with van der Waals surface area (Å²) in [7, 11) is 0. The molecule has 0 amide bonds. The zero-order valence-corrected chi connectivity index (χ0v) is 25.9. The lowest BCUT2D eigenvalue weighted by atomic mass is 9.67. The van der Waals surface area contributed by atoms with Gasteiger partial charge < -0.3 is 4.57 Å². The van der Waals surface area contributed by atoms with E-state index in [9.17, 15) is 0 Å². The van der Waals surface area contributed by atoms with Crippen molar-refractivity contribution in [3.63, 3.8) is 0 Å². The third-order valence-corrected chi connectivity index (χ3v) is 9.73. The molecule has 9 rings (SSSR count). The minimum absolute atomic E-state index is 0.502. The fourth-order valence-electron chi connectivity index (χ4n) is 7.84. The summed E-state index contributed by atoms with van der Waals surface area (Å²) in [6.45, 7) is 0.612. The number of fused-ring (bicyclic) bond motifs is 7. The normalized spacial score (nSPS) is 13.3. The van der Waals surface area contributed by atoms with Crippen LogP contribution in [0.1, 0.15) is 33.4 Å². The van der Waals surface area contributed by atoms with Crippen molar-refractivity contribution in [2.75, 3.05) is 0 Å². The molecule has 0 spiro atoms. The molecule has 2 nitrogen and oxygen atoms in total. The van der Waals surface area contributed by atoms with Crippen molar-refractivity contribution >= 4 is 28.0 Å². The van der Waals surface area contributed by atoms with Crippen molar-refractivity contribution in [1.82, 2.24) is 4.57 Å². The van der Waals surface area contributed by atoms with Crippen molar-refractivity contribution < 1.29 is 0 Å². The highest BCUT2D eigenvalue weighted by Gasteiger charge is 2.48. The number of nitrogens with zero attached hydrogens (tertiary/aromatic N) is 2. The van der Waals surface area contributed by atoms with Crippen LogP contribution < -0.4 is 0 Å². The lowest BCUT2D eigenvalue weighted by Gasteiger charge is -2.34. The van der Waals surface area contributed by atoms with Gasteiger partial charge in [0.05, 0.1) is 23.0 Å². The highest BCUT2D eigenvalue weighted by atomic mass is 15.0. The maximum atomic E-state index is 4.81. The number of hydrogen-bond acceptors (Lipinski definition) is 1. The van der Waals surface area contributed by atoms with Gasteiger partial charge in [0.1, 0.15) is 0 Å². The van der Waals surface area contributed by atoms with E-state index in [0.29, 0.717) is 6.54 Å². The molecular weight excluding hydrogens is 569 g/mol. The van der Waals surface area contributed by atoms with E-state index in [-0.39, 0.29) is 0 Å². The monoisotopic (exact) mass is 600 g/mol. The van der Waals surface area contributed by atoms with Crippen LogP contribution in [0.2, 0.25) is 0 Å². The van der Waals surface area contributed by atoms with Crippen LogP contribution >= 0.6 is 0 Å². The van der Waals surface area contributed by atoms with E-state index in [4.69, 9.17) is 4.99 Å². The largest absolute Gasteiger partial charge is 0.309 e. The minimum Gasteiger partial charge on any atom is -0.309 e. The quantitative estimate of drug-likeness (QED) is 0.169. The van der Waals surface area contributed by atoms with Gasteiger partial charge in [-0.25, -0.2) is 0 Å². The van der Waals surface area contributed by atoms with Crippen molar-refractivity contribution in [2.45, 2.75) is 12.0 Å². The van der Waals surface area contributed by atoms with E-state index < -0.39 is 5.41 Å². The van der Waals surface area contributed by atoms with Gasteiger partial charge in [-0.1, -0.05) is 158 Å². The van der Waals surface area contributed by atoms with Gasteiger partial charge in [0, 0.05) is 28.2 Å². The summed E-state index contributed by atoms with van der Waals surface area (Å²) in [5.41, 5.74) is 13.1. The van der Waals surface area contributed by atoms with Gasteiger partial charge in [-0.2, -0.15) is 0 Å². The number of aliphatic imine (C=N–C) groups is 1. The third kappa shape index (κ3) is 4.22. The van der Waals surface area contributed by atoms with Crippen LogP contribution in [0.3, 0.4) is 0 Å². The van der Waals surface area contributed by atoms with E-state index in [0.717, 1.165) is 11.3 Å². The molecule has 0 N–H and O–H groups in total. The molecule has 0 bridgehead atoms. The second-order valence-corrected chi connectivity index (χ2v) is 12.3. The zero-order valence-electron chi connectivity index (χ0n) is 25.9. The predicted octanol–water partition coefficient (Wildman–Crippen LogP) is 10.8. The minimum atomic E-state index is -0.502. The van der Waals surface area contributed by atoms with Gasteiger partial charge in [-0.15, -0.1) is 0 Å². The van der Waals surface area contributed by atoms with E-state index in [1.54, 1.807) is 0 Å². The van der Waals surface area contributed by atoms with Gasteiger partial charge in [0.25, 0.3) is 0 Å². The Balaban J connectivity index is 1.36. The molecular formula is C45H32N2. The Bertz CT molecular complexity index is 2380. The topological polar surface area (TPSA) is 17.3 Å². The van der Waals surface area contributed by atoms with Gasteiger partial charge in [0.2, 0.25) is 0 Å². The molecule has 222 valence electrons. The predicted molar refractivity (Wildman–Crippen MR) is 196 cm³/mol. The van der Waals surface area contributed by atoms with Crippen molar-refractivity contribution in [1.29, 1.82) is 0 Å². The average Bonchev–Trinajstić information content (AvgIpc) is 3.64. The number of rotatable bonds is 6. The molecule has 1 heterocycles. The molecule has 0 unspecified atom stereocenters. The first-order valence-electron chi connectivity index (χ1n) is 16.3. The lowest BCUT2D eigenvalue weighted by molar-refractivity contribution is 0.771. The Labute approximate surface area is 274 Å². The summed E-state index contributed by atoms with van der Waals surface area (Å²) < 4.78 is 2.50. The van der Waals surface area contributed by atoms with Crippen LogP contribution in [-0.4, -0.2) is 10.8 Å². The molecule has 1 aliphatic rings. The summed E-state index contributed by atoms with van der Waals surface area (Å²) in [4.78, 5) is 4.81. The van der Waals surface area contributed by atoms with Crippen molar-refractivity contribution in [3.05, 3.63) is 209 Å². The third-order valence-electron chi connectivity index (χ3n) is 9.73. The Kier molecular flexibility index (Phi) is 6.46. The number of para-hydroxylation sites is 1. The molecule has 7 aromatic carbocycles. The van der Waals surface area contributed by atoms with E-state index in [2.05, 4.69) is 162 Å². The first-order valence-corrected chi connectivity index (χ1v) is 16.3. The molecule has 1 aliphatic carbocycles. The molecule has 2 heteroatoms. The molecule has 47 heavy (non-hydrogen) atoms. The maximum absolute atomic E-state index is 4.81. The Morgan fingerprint density at radius 2 is 1.19 bits per heavy atom. The Morgan fingerprint density at radius 1 is 0.532 bits per heavy atom. The van der Waals surface area contributed by atoms with E-state index in [1.165, 1.54) is 60.8 Å². The number of benzene rings is 7. The van der Waals surface area contributed by atoms with Crippen LogP contribution in [0, 0.1) is 0 Å². The van der Waals surface area contributed by atoms with Crippen LogP contribution in [0.25, 0.3) is 38.6 Å². The average molecular weight is 601 g/mol. The first-order chi connectivity index (χ1) is 23.3. The standard InChI is InChI=1S/C45H32N2/c1-4-15-32(16-5-1)30-46-31-33-17-14-22-36(29-33)47-42-26-13-11-24-38(42)40-28-27-39-37-23-10-12-25-41(37)45(43(39)44(40)47,34-18-6-2-7-19-34)35-20-8-3-9-21-35/h1-30H,31H2. The molecule has 0 radical (unpaired) electrons. The van der Waals surface area contributed by atoms with Gasteiger partial charge in [-0.05, 0) is 57.1 Å².